The minimum Gasteiger partial charge on any atom is -0.467 e. The number of aryl methyl sites for hydroxylation is 1. The van der Waals surface area contributed by atoms with Gasteiger partial charge in [-0.2, -0.15) is 0 Å². The van der Waals surface area contributed by atoms with Crippen LogP contribution in [0.1, 0.15) is 47.4 Å². The van der Waals surface area contributed by atoms with Gasteiger partial charge in [0.2, 0.25) is 5.91 Å². The fourth-order valence-corrected chi connectivity index (χ4v) is 4.73. The Morgan fingerprint density at radius 2 is 1.77 bits per heavy atom. The van der Waals surface area contributed by atoms with E-state index in [-0.39, 0.29) is 17.9 Å². The van der Waals surface area contributed by atoms with E-state index in [1.165, 1.54) is 12.8 Å². The topological polar surface area (TPSA) is 65.8 Å². The lowest BCUT2D eigenvalue weighted by molar-refractivity contribution is -0.129. The zero-order chi connectivity index (χ0) is 20.9. The molecular formula is C24H31N3O3. The molecule has 0 radical (unpaired) electrons. The van der Waals surface area contributed by atoms with Crippen LogP contribution in [0.15, 0.2) is 47.1 Å². The molecule has 160 valence electrons. The minimum atomic E-state index is -0.126. The third kappa shape index (κ3) is 4.75. The monoisotopic (exact) mass is 409 g/mol. The molecule has 2 aromatic rings. The molecule has 1 aliphatic heterocycles. The van der Waals surface area contributed by atoms with Crippen LogP contribution in [-0.2, 0) is 11.3 Å². The predicted molar refractivity (Wildman–Crippen MR) is 115 cm³/mol. The summed E-state index contributed by atoms with van der Waals surface area (Å²) in [7, 11) is 0. The standard InChI is InChI=1S/C24H31N3O3/c1-18-8-10-20(11-9-18)24(29)27-14-12-26(13-15-27)22(19-5-2-3-6-19)23(28)25-17-21-7-4-16-30-21/h4,7-11,16,19,22H,2-3,5-6,12-15,17H2,1H3,(H,25,28). The summed E-state index contributed by atoms with van der Waals surface area (Å²) < 4.78 is 5.35. The lowest BCUT2D eigenvalue weighted by atomic mass is 9.95. The third-order valence-electron chi connectivity index (χ3n) is 6.43. The molecule has 2 fully saturated rings. The first-order valence-electron chi connectivity index (χ1n) is 11.0. The molecule has 1 N–H and O–H groups in total. The van der Waals surface area contributed by atoms with Gasteiger partial charge >= 0.3 is 0 Å². The second-order valence-corrected chi connectivity index (χ2v) is 8.48. The van der Waals surface area contributed by atoms with Crippen LogP contribution in [0.3, 0.4) is 0 Å². The van der Waals surface area contributed by atoms with Crippen LogP contribution in [0, 0.1) is 12.8 Å². The second-order valence-electron chi connectivity index (χ2n) is 8.48. The van der Waals surface area contributed by atoms with E-state index in [0.29, 0.717) is 25.6 Å². The van der Waals surface area contributed by atoms with Crippen molar-refractivity contribution in [3.63, 3.8) is 0 Å². The van der Waals surface area contributed by atoms with Crippen LogP contribution in [-0.4, -0.2) is 53.8 Å². The van der Waals surface area contributed by atoms with Gasteiger partial charge in [0.1, 0.15) is 5.76 Å². The predicted octanol–water partition coefficient (Wildman–Crippen LogP) is 3.22. The highest BCUT2D eigenvalue weighted by atomic mass is 16.3. The maximum Gasteiger partial charge on any atom is 0.253 e. The number of rotatable bonds is 6. The van der Waals surface area contributed by atoms with Gasteiger partial charge in [0.05, 0.1) is 18.8 Å². The van der Waals surface area contributed by atoms with Gasteiger partial charge < -0.3 is 14.6 Å². The number of piperazine rings is 1. The molecule has 30 heavy (non-hydrogen) atoms. The van der Waals surface area contributed by atoms with Crippen molar-refractivity contribution in [2.75, 3.05) is 26.2 Å². The second kappa shape index (κ2) is 9.47. The largest absolute Gasteiger partial charge is 0.467 e. The fourth-order valence-electron chi connectivity index (χ4n) is 4.73. The fraction of sp³-hybridized carbons (Fsp3) is 0.500. The summed E-state index contributed by atoms with van der Waals surface area (Å²) in [5.74, 6) is 1.31. The summed E-state index contributed by atoms with van der Waals surface area (Å²) in [6, 6.07) is 11.3. The van der Waals surface area contributed by atoms with Crippen molar-refractivity contribution in [2.45, 2.75) is 45.2 Å². The third-order valence-corrected chi connectivity index (χ3v) is 6.43. The number of benzene rings is 1. The molecule has 2 amide bonds. The summed E-state index contributed by atoms with van der Waals surface area (Å²) in [6.07, 6.45) is 6.21. The van der Waals surface area contributed by atoms with Crippen molar-refractivity contribution < 1.29 is 14.0 Å². The molecule has 1 atom stereocenters. The van der Waals surface area contributed by atoms with Crippen LogP contribution in [0.25, 0.3) is 0 Å². The average Bonchev–Trinajstić information content (AvgIpc) is 3.48. The van der Waals surface area contributed by atoms with Crippen molar-refractivity contribution in [3.05, 3.63) is 59.5 Å². The molecule has 1 unspecified atom stereocenters. The number of hydrogen-bond donors (Lipinski definition) is 1. The van der Waals surface area contributed by atoms with Gasteiger partial charge in [-0.05, 0) is 49.9 Å². The van der Waals surface area contributed by atoms with Gasteiger partial charge in [-0.3, -0.25) is 14.5 Å². The van der Waals surface area contributed by atoms with Crippen molar-refractivity contribution in [2.24, 2.45) is 5.92 Å². The number of hydrogen-bond acceptors (Lipinski definition) is 4. The molecule has 0 bridgehead atoms. The Morgan fingerprint density at radius 3 is 2.40 bits per heavy atom. The van der Waals surface area contributed by atoms with E-state index in [1.807, 2.05) is 48.2 Å². The highest BCUT2D eigenvalue weighted by molar-refractivity contribution is 5.94. The van der Waals surface area contributed by atoms with Gasteiger partial charge in [0, 0.05) is 31.7 Å². The Balaban J connectivity index is 1.38. The van der Waals surface area contributed by atoms with Crippen LogP contribution in [0.5, 0.6) is 0 Å². The number of carbonyl (C=O) groups is 2. The van der Waals surface area contributed by atoms with E-state index < -0.39 is 0 Å². The molecule has 1 aliphatic carbocycles. The lowest BCUT2D eigenvalue weighted by Gasteiger charge is -2.40. The Kier molecular flexibility index (Phi) is 6.53. The molecular weight excluding hydrogens is 378 g/mol. The zero-order valence-electron chi connectivity index (χ0n) is 17.7. The van der Waals surface area contributed by atoms with Crippen LogP contribution in [0.2, 0.25) is 0 Å². The SMILES string of the molecule is Cc1ccc(C(=O)N2CCN(C(C(=O)NCc3ccco3)C3CCCC3)CC2)cc1. The van der Waals surface area contributed by atoms with Crippen molar-refractivity contribution in [3.8, 4) is 0 Å². The van der Waals surface area contributed by atoms with Crippen molar-refractivity contribution >= 4 is 11.8 Å². The molecule has 0 spiro atoms. The van der Waals surface area contributed by atoms with Crippen LogP contribution in [0.4, 0.5) is 0 Å². The van der Waals surface area contributed by atoms with Gasteiger partial charge in [0.25, 0.3) is 5.91 Å². The van der Waals surface area contributed by atoms with E-state index >= 15 is 0 Å². The molecule has 4 rings (SSSR count). The first-order valence-corrected chi connectivity index (χ1v) is 11.0. The Morgan fingerprint density at radius 1 is 1.07 bits per heavy atom. The summed E-state index contributed by atoms with van der Waals surface area (Å²) >= 11 is 0. The molecule has 2 aliphatic rings. The summed E-state index contributed by atoms with van der Waals surface area (Å²) in [5.41, 5.74) is 1.88. The van der Waals surface area contributed by atoms with Gasteiger partial charge in [-0.15, -0.1) is 0 Å². The average molecular weight is 410 g/mol. The van der Waals surface area contributed by atoms with E-state index in [0.717, 1.165) is 42.8 Å². The smallest absolute Gasteiger partial charge is 0.253 e. The van der Waals surface area contributed by atoms with Crippen LogP contribution >= 0.6 is 0 Å². The summed E-state index contributed by atoms with van der Waals surface area (Å²) in [5, 5.41) is 3.07. The molecule has 6 nitrogen and oxygen atoms in total. The number of furan rings is 1. The van der Waals surface area contributed by atoms with E-state index in [1.54, 1.807) is 6.26 Å². The number of nitrogens with one attached hydrogen (secondary N) is 1. The first-order chi connectivity index (χ1) is 14.6. The maximum absolute atomic E-state index is 13.1. The highest BCUT2D eigenvalue weighted by Gasteiger charge is 2.37. The van der Waals surface area contributed by atoms with E-state index in [2.05, 4.69) is 10.2 Å². The molecule has 1 aromatic heterocycles. The highest BCUT2D eigenvalue weighted by Crippen LogP contribution is 2.31. The first kappa shape index (κ1) is 20.7. The Bertz CT molecular complexity index is 833. The van der Waals surface area contributed by atoms with Crippen LogP contribution < -0.4 is 5.32 Å². The molecule has 1 saturated heterocycles. The van der Waals surface area contributed by atoms with Gasteiger partial charge in [0.15, 0.2) is 0 Å². The number of carbonyl (C=O) groups excluding carboxylic acids is 2. The lowest BCUT2D eigenvalue weighted by Crippen LogP contribution is -2.57. The van der Waals surface area contributed by atoms with Crippen molar-refractivity contribution in [1.29, 1.82) is 0 Å². The number of nitrogens with zero attached hydrogens (tertiary/aromatic N) is 2. The summed E-state index contributed by atoms with van der Waals surface area (Å²) in [4.78, 5) is 30.1. The van der Waals surface area contributed by atoms with Gasteiger partial charge in [-0.1, -0.05) is 30.5 Å². The van der Waals surface area contributed by atoms with E-state index in [4.69, 9.17) is 4.42 Å². The minimum absolute atomic E-state index is 0.0781. The number of amides is 2. The quantitative estimate of drug-likeness (QED) is 0.796. The van der Waals surface area contributed by atoms with Crippen molar-refractivity contribution in [1.82, 2.24) is 15.1 Å². The van der Waals surface area contributed by atoms with Gasteiger partial charge in [-0.25, -0.2) is 0 Å². The molecule has 2 heterocycles. The molecule has 1 aromatic carbocycles. The Hall–Kier alpha value is -2.60. The molecule has 1 saturated carbocycles. The van der Waals surface area contributed by atoms with E-state index in [9.17, 15) is 9.59 Å². The molecule has 6 heteroatoms. The zero-order valence-corrected chi connectivity index (χ0v) is 17.7. The summed E-state index contributed by atoms with van der Waals surface area (Å²) in [6.45, 7) is 5.21. The Labute approximate surface area is 178 Å². The normalized spacial score (nSPS) is 19.0. The maximum atomic E-state index is 13.1.